The molecule has 0 unspecified atom stereocenters. The Labute approximate surface area is 61.9 Å². The van der Waals surface area contributed by atoms with Crippen molar-refractivity contribution in [1.29, 1.82) is 0 Å². The molecule has 1 aromatic rings. The number of aromatic nitrogens is 1. The average molecular weight is 130 g/mol. The first-order valence-electron chi connectivity index (χ1n) is 5.14. The predicted octanol–water partition coefficient (Wildman–Crippen LogP) is 0.672. The third-order valence-corrected chi connectivity index (χ3v) is 0.684. The van der Waals surface area contributed by atoms with E-state index in [0.717, 1.165) is 0 Å². The summed E-state index contributed by atoms with van der Waals surface area (Å²) in [6.45, 7) is 0. The molecule has 3 heteroatoms. The van der Waals surface area contributed by atoms with Gasteiger partial charge in [0.25, 0.3) is 0 Å². The highest BCUT2D eigenvalue weighted by atomic mass is 16.5. The highest BCUT2D eigenvalue weighted by Gasteiger charge is 1.88. The van der Waals surface area contributed by atoms with E-state index in [1.165, 1.54) is 0 Å². The van der Waals surface area contributed by atoms with Gasteiger partial charge in [-0.05, 0) is 0 Å². The van der Waals surface area contributed by atoms with Crippen molar-refractivity contribution in [3.8, 4) is 5.75 Å². The molecule has 0 fully saturated rings. The summed E-state index contributed by atoms with van der Waals surface area (Å²) in [6.07, 6.45) is -1.03. The molecule has 2 N–H and O–H groups in total. The normalized spacial score (nSPS) is 20.0. The minimum Gasteiger partial charge on any atom is -0.495 e. The maximum absolute atomic E-state index is 7.38. The molecule has 0 saturated carbocycles. The smallest absolute Gasteiger partial charge is 0.139 e. The van der Waals surface area contributed by atoms with Gasteiger partial charge in [0, 0.05) is 6.04 Å². The van der Waals surface area contributed by atoms with Crippen LogP contribution in [-0.2, 0) is 0 Å². The SMILES string of the molecule is [2H]c1nc([2H])c(OC([2H])([2H])[2H])c([2H])c1N. The standard InChI is InChI=1S/C6H8N2O/c1-9-6-2-5(7)3-8-4-6/h2-4H,7H2,1H3/i1D3,2D,3D,4D. The van der Waals surface area contributed by atoms with Gasteiger partial charge in [0.15, 0.2) is 0 Å². The van der Waals surface area contributed by atoms with Crippen LogP contribution in [0.15, 0.2) is 18.4 Å². The molecule has 0 bridgehead atoms. The van der Waals surface area contributed by atoms with Crippen molar-refractivity contribution < 1.29 is 13.0 Å². The van der Waals surface area contributed by atoms with E-state index >= 15 is 0 Å². The zero-order valence-electron chi connectivity index (χ0n) is 10.4. The van der Waals surface area contributed by atoms with Gasteiger partial charge in [0.1, 0.15) is 5.75 Å². The van der Waals surface area contributed by atoms with Gasteiger partial charge in [0.2, 0.25) is 0 Å². The molecule has 1 rings (SSSR count). The van der Waals surface area contributed by atoms with Crippen molar-refractivity contribution in [2.45, 2.75) is 0 Å². The number of ether oxygens (including phenoxy) is 1. The fourth-order valence-electron chi connectivity index (χ4n) is 0.366. The van der Waals surface area contributed by atoms with Gasteiger partial charge >= 0.3 is 0 Å². The second-order valence-electron chi connectivity index (χ2n) is 1.31. The number of methoxy groups -OCH3 is 1. The van der Waals surface area contributed by atoms with Crippen molar-refractivity contribution in [2.75, 3.05) is 12.8 Å². The molecule has 0 amide bonds. The predicted molar refractivity (Wildman–Crippen MR) is 35.2 cm³/mol. The van der Waals surface area contributed by atoms with Gasteiger partial charge in [0.05, 0.1) is 33.3 Å². The lowest BCUT2D eigenvalue weighted by Gasteiger charge is -1.97. The van der Waals surface area contributed by atoms with E-state index in [2.05, 4.69) is 9.72 Å². The number of rotatable bonds is 1. The van der Waals surface area contributed by atoms with E-state index in [1.54, 1.807) is 0 Å². The Bertz CT molecular complexity index is 390. The molecule has 0 radical (unpaired) electrons. The maximum Gasteiger partial charge on any atom is 0.139 e. The average Bonchev–Trinajstić information content (AvgIpc) is 2.07. The third-order valence-electron chi connectivity index (χ3n) is 0.684. The lowest BCUT2D eigenvalue weighted by atomic mass is 10.4. The Balaban J connectivity index is 3.24. The number of pyridine rings is 1. The summed E-state index contributed by atoms with van der Waals surface area (Å²) in [5.41, 5.74) is 4.97. The van der Waals surface area contributed by atoms with E-state index in [1.807, 2.05) is 0 Å². The number of anilines is 1. The van der Waals surface area contributed by atoms with E-state index in [9.17, 15) is 0 Å². The van der Waals surface area contributed by atoms with Crippen LogP contribution in [0.1, 0.15) is 8.22 Å². The summed E-state index contributed by atoms with van der Waals surface area (Å²) in [4.78, 5) is 3.33. The van der Waals surface area contributed by atoms with Gasteiger partial charge in [-0.3, -0.25) is 4.98 Å². The molecule has 0 atom stereocenters. The molecule has 0 spiro atoms. The number of nitrogens with two attached hydrogens (primary N) is 1. The van der Waals surface area contributed by atoms with E-state index in [4.69, 9.17) is 14.0 Å². The fourth-order valence-corrected chi connectivity index (χ4v) is 0.366. The first-order valence-corrected chi connectivity index (χ1v) is 2.14. The van der Waals surface area contributed by atoms with Gasteiger partial charge in [-0.15, -0.1) is 0 Å². The third kappa shape index (κ3) is 1.32. The monoisotopic (exact) mass is 130 g/mol. The second kappa shape index (κ2) is 2.35. The van der Waals surface area contributed by atoms with Crippen molar-refractivity contribution in [2.24, 2.45) is 0 Å². The van der Waals surface area contributed by atoms with Crippen LogP contribution in [0.5, 0.6) is 5.75 Å². The Kier molecular flexibility index (Phi) is 0.487. The quantitative estimate of drug-likeness (QED) is 0.608. The Morgan fingerprint density at radius 3 is 3.56 bits per heavy atom. The largest absolute Gasteiger partial charge is 0.495 e. The molecule has 1 heterocycles. The molecule has 9 heavy (non-hydrogen) atoms. The number of hydrogen-bond donors (Lipinski definition) is 1. The van der Waals surface area contributed by atoms with E-state index < -0.39 is 31.2 Å². The first-order chi connectivity index (χ1) is 6.72. The fraction of sp³-hybridized carbons (Fsp3) is 0.167. The number of nitrogens with zero attached hydrogens (tertiary/aromatic N) is 1. The van der Waals surface area contributed by atoms with Crippen LogP contribution in [-0.4, -0.2) is 12.0 Å². The molecule has 1 aromatic heterocycles. The summed E-state index contributed by atoms with van der Waals surface area (Å²) in [5, 5.41) is 0. The van der Waals surface area contributed by atoms with Crippen LogP contribution in [0.4, 0.5) is 5.69 Å². The Morgan fingerprint density at radius 1 is 1.89 bits per heavy atom. The number of hydrogen-bond acceptors (Lipinski definition) is 3. The summed E-state index contributed by atoms with van der Waals surface area (Å²) in [7, 11) is -2.77. The molecular weight excluding hydrogens is 116 g/mol. The van der Waals surface area contributed by atoms with Gasteiger partial charge in [-0.25, -0.2) is 0 Å². The first kappa shape index (κ1) is 1.87. The maximum atomic E-state index is 7.38. The zero-order valence-corrected chi connectivity index (χ0v) is 4.43. The topological polar surface area (TPSA) is 48.1 Å². The molecule has 0 aliphatic rings. The van der Waals surface area contributed by atoms with Crippen molar-refractivity contribution in [3.63, 3.8) is 0 Å². The molecular formula is C6H8N2O. The summed E-state index contributed by atoms with van der Waals surface area (Å²) < 4.78 is 46.6. The second-order valence-corrected chi connectivity index (χ2v) is 1.31. The van der Waals surface area contributed by atoms with Gasteiger partial charge in [-0.2, -0.15) is 0 Å². The minimum absolute atomic E-state index is 0.315. The molecule has 3 nitrogen and oxygen atoms in total. The van der Waals surface area contributed by atoms with E-state index in [0.29, 0.717) is 0 Å². The molecule has 0 aliphatic heterocycles. The van der Waals surface area contributed by atoms with Crippen LogP contribution >= 0.6 is 0 Å². The minimum atomic E-state index is -2.77. The van der Waals surface area contributed by atoms with Crippen molar-refractivity contribution in [1.82, 2.24) is 4.98 Å². The molecule has 0 saturated heterocycles. The van der Waals surface area contributed by atoms with Crippen LogP contribution in [0.25, 0.3) is 0 Å². The molecule has 0 aliphatic carbocycles. The van der Waals surface area contributed by atoms with E-state index in [-0.39, 0.29) is 5.69 Å². The molecule has 0 aromatic carbocycles. The van der Waals surface area contributed by atoms with Gasteiger partial charge in [-0.1, -0.05) is 0 Å². The Morgan fingerprint density at radius 2 is 2.78 bits per heavy atom. The van der Waals surface area contributed by atoms with Gasteiger partial charge < -0.3 is 10.5 Å². The number of nitrogen functional groups attached to an aromatic ring is 1. The lowest BCUT2D eigenvalue weighted by molar-refractivity contribution is 0.413. The zero-order chi connectivity index (χ0) is 11.8. The molecule has 48 valence electrons. The van der Waals surface area contributed by atoms with Crippen molar-refractivity contribution >= 4 is 5.69 Å². The van der Waals surface area contributed by atoms with Crippen molar-refractivity contribution in [3.05, 3.63) is 18.4 Å². The Hall–Kier alpha value is -1.25. The summed E-state index contributed by atoms with van der Waals surface area (Å²) >= 11 is 0. The summed E-state index contributed by atoms with van der Waals surface area (Å²) in [6, 6.07) is -0.504. The highest BCUT2D eigenvalue weighted by Crippen LogP contribution is 2.10. The lowest BCUT2D eigenvalue weighted by Crippen LogP contribution is -1.88. The van der Waals surface area contributed by atoms with Crippen LogP contribution in [0.2, 0.25) is 0 Å². The van der Waals surface area contributed by atoms with Crippen LogP contribution in [0.3, 0.4) is 0 Å². The van der Waals surface area contributed by atoms with Crippen LogP contribution < -0.4 is 10.5 Å². The van der Waals surface area contributed by atoms with Crippen LogP contribution in [0, 0.1) is 0 Å². The summed E-state index contributed by atoms with van der Waals surface area (Å²) in [5.74, 6) is -0.538. The highest BCUT2D eigenvalue weighted by molar-refractivity contribution is 5.39.